The second-order valence-electron chi connectivity index (χ2n) is 12.7. The summed E-state index contributed by atoms with van der Waals surface area (Å²) in [4.78, 5) is 33.0. The second-order valence-corrected chi connectivity index (χ2v) is 12.7. The molecule has 3 saturated carbocycles. The SMILES string of the molecule is CCc1ccc(O)cc1C12CCN(CC3CC3)C(C)C13CCC1C2C(CN1C(=O)c1ccc(=O)[nH]c1)C3. The lowest BCUT2D eigenvalue weighted by atomic mass is 9.46. The van der Waals surface area contributed by atoms with Crippen LogP contribution in [0.4, 0.5) is 0 Å². The van der Waals surface area contributed by atoms with Gasteiger partial charge in [0.2, 0.25) is 5.56 Å². The first-order valence-corrected chi connectivity index (χ1v) is 14.4. The maximum absolute atomic E-state index is 13.8. The molecule has 2 aromatic rings. The number of hydrogen-bond acceptors (Lipinski definition) is 4. The summed E-state index contributed by atoms with van der Waals surface area (Å²) in [5.74, 6) is 2.16. The van der Waals surface area contributed by atoms with Crippen molar-refractivity contribution in [1.29, 1.82) is 0 Å². The number of hydrogen-bond donors (Lipinski definition) is 2. The highest BCUT2D eigenvalue weighted by Gasteiger charge is 2.74. The minimum Gasteiger partial charge on any atom is -0.508 e. The number of likely N-dealkylation sites (tertiary alicyclic amines) is 2. The van der Waals surface area contributed by atoms with Crippen molar-refractivity contribution in [3.05, 3.63) is 63.6 Å². The largest absolute Gasteiger partial charge is 0.508 e. The Morgan fingerprint density at radius 3 is 2.73 bits per heavy atom. The van der Waals surface area contributed by atoms with Gasteiger partial charge in [0, 0.05) is 42.9 Å². The van der Waals surface area contributed by atoms with Crippen molar-refractivity contribution < 1.29 is 9.90 Å². The number of phenols is 1. The third-order valence-corrected chi connectivity index (χ3v) is 11.3. The summed E-state index contributed by atoms with van der Waals surface area (Å²) in [6.45, 7) is 7.86. The van der Waals surface area contributed by atoms with Gasteiger partial charge in [-0.25, -0.2) is 0 Å². The summed E-state index contributed by atoms with van der Waals surface area (Å²) in [6.07, 6.45) is 9.72. The van der Waals surface area contributed by atoms with Gasteiger partial charge in [-0.2, -0.15) is 0 Å². The first kappa shape index (κ1) is 23.5. The molecule has 1 amide bonds. The van der Waals surface area contributed by atoms with Crippen molar-refractivity contribution in [2.24, 2.45) is 23.2 Å². The van der Waals surface area contributed by atoms with Crippen molar-refractivity contribution in [2.45, 2.75) is 76.3 Å². The van der Waals surface area contributed by atoms with E-state index in [1.165, 1.54) is 36.6 Å². The molecule has 1 aromatic carbocycles. The Balaban J connectivity index is 1.34. The molecule has 5 aliphatic rings. The van der Waals surface area contributed by atoms with Crippen LogP contribution in [0.1, 0.15) is 73.9 Å². The molecule has 0 spiro atoms. The van der Waals surface area contributed by atoms with Gasteiger partial charge >= 0.3 is 0 Å². The second kappa shape index (κ2) is 8.20. The van der Waals surface area contributed by atoms with Crippen molar-refractivity contribution >= 4 is 5.91 Å². The van der Waals surface area contributed by atoms with E-state index in [-0.39, 0.29) is 28.3 Å². The summed E-state index contributed by atoms with van der Waals surface area (Å²) < 4.78 is 0. The van der Waals surface area contributed by atoms with E-state index in [4.69, 9.17) is 0 Å². The number of carbonyl (C=O) groups excluding carboxylic acids is 1. The quantitative estimate of drug-likeness (QED) is 0.640. The van der Waals surface area contributed by atoms with Crippen molar-refractivity contribution in [1.82, 2.24) is 14.8 Å². The number of nitrogens with zero attached hydrogens (tertiary/aromatic N) is 2. The first-order valence-electron chi connectivity index (χ1n) is 14.4. The van der Waals surface area contributed by atoms with Crippen LogP contribution in [-0.4, -0.2) is 57.5 Å². The molecule has 2 bridgehead atoms. The van der Waals surface area contributed by atoms with Crippen LogP contribution in [0, 0.1) is 23.2 Å². The zero-order valence-electron chi connectivity index (χ0n) is 22.1. The predicted molar refractivity (Wildman–Crippen MR) is 143 cm³/mol. The van der Waals surface area contributed by atoms with E-state index in [9.17, 15) is 14.7 Å². The Morgan fingerprint density at radius 2 is 2.00 bits per heavy atom. The summed E-state index contributed by atoms with van der Waals surface area (Å²) in [6, 6.07) is 9.92. The topological polar surface area (TPSA) is 76.6 Å². The third kappa shape index (κ3) is 3.20. The molecular weight excluding hydrogens is 462 g/mol. The Morgan fingerprint density at radius 1 is 1.16 bits per heavy atom. The Kier molecular flexibility index (Phi) is 5.21. The average Bonchev–Trinajstić information content (AvgIpc) is 3.60. The van der Waals surface area contributed by atoms with Gasteiger partial charge in [0.1, 0.15) is 5.75 Å². The van der Waals surface area contributed by atoms with E-state index in [1.54, 1.807) is 12.3 Å². The molecule has 6 atom stereocenters. The van der Waals surface area contributed by atoms with E-state index in [0.29, 0.717) is 29.2 Å². The third-order valence-electron chi connectivity index (χ3n) is 11.3. The molecule has 2 N–H and O–H groups in total. The highest BCUT2D eigenvalue weighted by atomic mass is 16.3. The highest BCUT2D eigenvalue weighted by Crippen LogP contribution is 2.73. The molecule has 2 aliphatic heterocycles. The zero-order valence-corrected chi connectivity index (χ0v) is 22.1. The van der Waals surface area contributed by atoms with Crippen LogP contribution in [0.3, 0.4) is 0 Å². The van der Waals surface area contributed by atoms with E-state index in [2.05, 4.69) is 40.8 Å². The van der Waals surface area contributed by atoms with E-state index in [1.807, 2.05) is 6.07 Å². The number of rotatable bonds is 5. The van der Waals surface area contributed by atoms with Crippen molar-refractivity contribution in [3.63, 3.8) is 0 Å². The van der Waals surface area contributed by atoms with Gasteiger partial charge in [0.15, 0.2) is 0 Å². The molecule has 6 heteroatoms. The number of amides is 1. The van der Waals surface area contributed by atoms with Crippen LogP contribution in [0.5, 0.6) is 5.75 Å². The van der Waals surface area contributed by atoms with Crippen molar-refractivity contribution in [3.8, 4) is 5.75 Å². The lowest BCUT2D eigenvalue weighted by molar-refractivity contribution is -0.0870. The van der Waals surface area contributed by atoms with E-state index < -0.39 is 0 Å². The fraction of sp³-hybridized carbons (Fsp3) is 0.613. The number of pyridine rings is 1. The van der Waals surface area contributed by atoms with Gasteiger partial charge < -0.3 is 15.0 Å². The lowest BCUT2D eigenvalue weighted by Crippen LogP contribution is -2.66. The smallest absolute Gasteiger partial charge is 0.255 e. The molecule has 2 saturated heterocycles. The molecule has 3 heterocycles. The number of piperidine rings is 1. The number of H-pyrrole nitrogens is 1. The molecule has 1 aromatic heterocycles. The Labute approximate surface area is 219 Å². The number of carbonyl (C=O) groups is 1. The van der Waals surface area contributed by atoms with Crippen LogP contribution in [-0.2, 0) is 11.8 Å². The molecule has 5 fully saturated rings. The molecule has 196 valence electrons. The van der Waals surface area contributed by atoms with Gasteiger partial charge in [0.05, 0.1) is 5.56 Å². The van der Waals surface area contributed by atoms with Crippen LogP contribution in [0.25, 0.3) is 0 Å². The molecular formula is C31H39N3O3. The van der Waals surface area contributed by atoms with Gasteiger partial charge in [-0.15, -0.1) is 0 Å². The fourth-order valence-electron chi connectivity index (χ4n) is 9.71. The first-order chi connectivity index (χ1) is 17.9. The molecule has 0 radical (unpaired) electrons. The monoisotopic (exact) mass is 501 g/mol. The molecule has 7 rings (SSSR count). The normalized spacial score (nSPS) is 36.5. The number of benzene rings is 1. The maximum atomic E-state index is 13.8. The number of aromatic nitrogens is 1. The average molecular weight is 502 g/mol. The summed E-state index contributed by atoms with van der Waals surface area (Å²) in [5, 5.41) is 10.7. The number of nitrogens with one attached hydrogen (secondary N) is 1. The van der Waals surface area contributed by atoms with Gasteiger partial charge in [-0.3, -0.25) is 14.5 Å². The number of aromatic amines is 1. The molecule has 3 aliphatic carbocycles. The fourth-order valence-corrected chi connectivity index (χ4v) is 9.71. The lowest BCUT2D eigenvalue weighted by Gasteiger charge is -2.63. The minimum atomic E-state index is -0.181. The van der Waals surface area contributed by atoms with Crippen LogP contribution in [0.15, 0.2) is 41.3 Å². The number of aryl methyl sites for hydroxylation is 1. The van der Waals surface area contributed by atoms with Crippen molar-refractivity contribution in [2.75, 3.05) is 19.6 Å². The molecule has 37 heavy (non-hydrogen) atoms. The van der Waals surface area contributed by atoms with Crippen LogP contribution in [0.2, 0.25) is 0 Å². The van der Waals surface area contributed by atoms with Gasteiger partial charge in [-0.05, 0) is 111 Å². The molecule has 6 nitrogen and oxygen atoms in total. The summed E-state index contributed by atoms with van der Waals surface area (Å²) >= 11 is 0. The van der Waals surface area contributed by atoms with Crippen LogP contribution < -0.4 is 5.56 Å². The summed E-state index contributed by atoms with van der Waals surface area (Å²) in [5.41, 5.74) is 3.27. The van der Waals surface area contributed by atoms with Crippen LogP contribution >= 0.6 is 0 Å². The Bertz CT molecular complexity index is 1280. The standard InChI is InChI=1S/C31H39N3O3/c1-3-21-6-8-24(35)14-25(21)31-12-13-33(17-20-4-5-20)19(2)30(31)11-10-26-28(31)23(15-30)18-34(26)29(37)22-7-9-27(36)32-16-22/h6-9,14,16,19-20,23,26,28,35H,3-5,10-13,15,17-18H2,1-2H3,(H,32,36). The predicted octanol–water partition coefficient (Wildman–Crippen LogP) is 4.33. The van der Waals surface area contributed by atoms with Gasteiger partial charge in [-0.1, -0.05) is 13.0 Å². The highest BCUT2D eigenvalue weighted by molar-refractivity contribution is 5.94. The number of phenolic OH excluding ortho intramolecular Hbond substituents is 1. The number of aromatic hydroxyl groups is 1. The minimum absolute atomic E-state index is 0.0236. The summed E-state index contributed by atoms with van der Waals surface area (Å²) in [7, 11) is 0. The Hall–Kier alpha value is -2.60. The van der Waals surface area contributed by atoms with E-state index in [0.717, 1.165) is 51.1 Å². The zero-order chi connectivity index (χ0) is 25.5. The molecule has 6 unspecified atom stereocenters. The van der Waals surface area contributed by atoms with Gasteiger partial charge in [0.25, 0.3) is 5.91 Å². The maximum Gasteiger partial charge on any atom is 0.255 e. The van der Waals surface area contributed by atoms with E-state index >= 15 is 0 Å².